The number of fused-ring (bicyclic) bond motifs is 1. The molecular formula is C15H16Cl2N2O3S. The molecule has 23 heavy (non-hydrogen) atoms. The fourth-order valence-electron chi connectivity index (χ4n) is 2.02. The van der Waals surface area contributed by atoms with E-state index in [0.29, 0.717) is 26.8 Å². The summed E-state index contributed by atoms with van der Waals surface area (Å²) in [5.41, 5.74) is 0.580. The molecule has 0 aliphatic carbocycles. The Morgan fingerprint density at radius 3 is 2.74 bits per heavy atom. The third kappa shape index (κ3) is 4.13. The molecule has 0 saturated carbocycles. The number of hydrogen-bond acceptors (Lipinski definition) is 4. The van der Waals surface area contributed by atoms with Crippen molar-refractivity contribution in [2.24, 2.45) is 4.99 Å². The van der Waals surface area contributed by atoms with Crippen molar-refractivity contribution >= 4 is 56.6 Å². The second kappa shape index (κ2) is 7.95. The fourth-order valence-corrected chi connectivity index (χ4v) is 3.55. The molecule has 0 fully saturated rings. The first-order valence-corrected chi connectivity index (χ1v) is 8.66. The number of aromatic nitrogens is 1. The summed E-state index contributed by atoms with van der Waals surface area (Å²) in [7, 11) is 1.30. The maximum absolute atomic E-state index is 12.0. The van der Waals surface area contributed by atoms with E-state index in [1.165, 1.54) is 18.4 Å². The van der Waals surface area contributed by atoms with Crippen LogP contribution in [-0.2, 0) is 20.9 Å². The van der Waals surface area contributed by atoms with Crippen LogP contribution < -0.4 is 4.80 Å². The van der Waals surface area contributed by atoms with Crippen molar-refractivity contribution in [1.29, 1.82) is 0 Å². The number of methoxy groups -OCH3 is 1. The number of benzene rings is 1. The van der Waals surface area contributed by atoms with Gasteiger partial charge in [0.1, 0.15) is 6.54 Å². The molecule has 5 nitrogen and oxygen atoms in total. The third-order valence-corrected chi connectivity index (χ3v) is 5.05. The lowest BCUT2D eigenvalue weighted by atomic mass is 10.2. The molecule has 0 unspecified atom stereocenters. The Hall–Kier alpha value is -1.37. The molecule has 0 bridgehead atoms. The Kier molecular flexibility index (Phi) is 6.21. The van der Waals surface area contributed by atoms with E-state index < -0.39 is 5.97 Å². The summed E-state index contributed by atoms with van der Waals surface area (Å²) in [5, 5.41) is 0.700. The first kappa shape index (κ1) is 18.0. The topological polar surface area (TPSA) is 60.7 Å². The maximum atomic E-state index is 12.0. The standard InChI is InChI=1S/C15H16Cl2N2O3S/c1-3-4-5-11(20)18-15-19(8-12(21)22-2)14-10(23-15)7-6-9(16)13(14)17/h6-7H,3-5,8H2,1-2H3. The summed E-state index contributed by atoms with van der Waals surface area (Å²) in [4.78, 5) is 28.2. The number of halogens is 2. The SMILES string of the molecule is CCCCC(=O)N=c1sc2ccc(Cl)c(Cl)c2n1CC(=O)OC. The smallest absolute Gasteiger partial charge is 0.325 e. The highest BCUT2D eigenvalue weighted by Gasteiger charge is 2.16. The minimum atomic E-state index is -0.455. The van der Waals surface area contributed by atoms with E-state index in [4.69, 9.17) is 27.9 Å². The number of nitrogens with zero attached hydrogens (tertiary/aromatic N) is 2. The summed E-state index contributed by atoms with van der Waals surface area (Å²) in [5.74, 6) is -0.678. The predicted molar refractivity (Wildman–Crippen MR) is 91.9 cm³/mol. The normalized spacial score (nSPS) is 11.9. The molecule has 2 aromatic rings. The van der Waals surface area contributed by atoms with Crippen LogP contribution in [0.3, 0.4) is 0 Å². The molecule has 124 valence electrons. The quantitative estimate of drug-likeness (QED) is 0.747. The number of esters is 1. The van der Waals surface area contributed by atoms with E-state index in [0.717, 1.165) is 17.5 Å². The minimum absolute atomic E-state index is 0.0869. The van der Waals surface area contributed by atoms with Gasteiger partial charge in [-0.2, -0.15) is 4.99 Å². The van der Waals surface area contributed by atoms with Crippen LogP contribution in [0.25, 0.3) is 10.2 Å². The van der Waals surface area contributed by atoms with E-state index in [1.54, 1.807) is 16.7 Å². The van der Waals surface area contributed by atoms with Crippen molar-refractivity contribution in [2.75, 3.05) is 7.11 Å². The summed E-state index contributed by atoms with van der Waals surface area (Å²) >= 11 is 13.6. The van der Waals surface area contributed by atoms with Gasteiger partial charge in [-0.15, -0.1) is 0 Å². The molecule has 0 saturated heterocycles. The van der Waals surface area contributed by atoms with Crippen LogP contribution in [-0.4, -0.2) is 23.6 Å². The van der Waals surface area contributed by atoms with Gasteiger partial charge in [0.2, 0.25) is 5.91 Å². The van der Waals surface area contributed by atoms with Crippen molar-refractivity contribution in [3.63, 3.8) is 0 Å². The lowest BCUT2D eigenvalue weighted by Crippen LogP contribution is -2.22. The highest BCUT2D eigenvalue weighted by atomic mass is 35.5. The van der Waals surface area contributed by atoms with E-state index in [9.17, 15) is 9.59 Å². The number of carbonyl (C=O) groups is 2. The number of unbranched alkanes of at least 4 members (excludes halogenated alkanes) is 1. The van der Waals surface area contributed by atoms with Crippen LogP contribution in [0.1, 0.15) is 26.2 Å². The zero-order valence-corrected chi connectivity index (χ0v) is 15.1. The Morgan fingerprint density at radius 2 is 2.09 bits per heavy atom. The molecule has 0 aliphatic rings. The van der Waals surface area contributed by atoms with Gasteiger partial charge in [-0.05, 0) is 18.6 Å². The molecule has 0 atom stereocenters. The molecule has 1 aromatic heterocycles. The van der Waals surface area contributed by atoms with Crippen LogP contribution in [0.2, 0.25) is 10.0 Å². The zero-order chi connectivity index (χ0) is 17.0. The van der Waals surface area contributed by atoms with E-state index in [2.05, 4.69) is 4.99 Å². The molecule has 0 radical (unpaired) electrons. The van der Waals surface area contributed by atoms with Crippen molar-refractivity contribution in [1.82, 2.24) is 4.57 Å². The largest absolute Gasteiger partial charge is 0.468 e. The molecule has 0 N–H and O–H groups in total. The van der Waals surface area contributed by atoms with Gasteiger partial charge in [0.05, 0.1) is 27.4 Å². The van der Waals surface area contributed by atoms with Crippen LogP contribution >= 0.6 is 34.5 Å². The molecule has 1 heterocycles. The van der Waals surface area contributed by atoms with Crippen molar-refractivity contribution in [3.05, 3.63) is 27.0 Å². The zero-order valence-electron chi connectivity index (χ0n) is 12.8. The monoisotopic (exact) mass is 374 g/mol. The van der Waals surface area contributed by atoms with Gasteiger partial charge in [0.25, 0.3) is 0 Å². The second-order valence-electron chi connectivity index (χ2n) is 4.86. The minimum Gasteiger partial charge on any atom is -0.468 e. The number of hydrogen-bond donors (Lipinski definition) is 0. The highest BCUT2D eigenvalue weighted by molar-refractivity contribution is 7.16. The summed E-state index contributed by atoms with van der Waals surface area (Å²) in [6, 6.07) is 3.46. The number of amides is 1. The lowest BCUT2D eigenvalue weighted by molar-refractivity contribution is -0.141. The molecule has 2 rings (SSSR count). The van der Waals surface area contributed by atoms with Crippen LogP contribution in [0, 0.1) is 0 Å². The van der Waals surface area contributed by atoms with E-state index in [1.807, 2.05) is 6.92 Å². The summed E-state index contributed by atoms with van der Waals surface area (Å²) < 4.78 is 7.08. The Morgan fingerprint density at radius 1 is 1.35 bits per heavy atom. The first-order valence-electron chi connectivity index (χ1n) is 7.09. The van der Waals surface area contributed by atoms with Crippen molar-refractivity contribution in [2.45, 2.75) is 32.7 Å². The lowest BCUT2D eigenvalue weighted by Gasteiger charge is -2.05. The van der Waals surface area contributed by atoms with Gasteiger partial charge >= 0.3 is 5.97 Å². The average molecular weight is 375 g/mol. The molecular weight excluding hydrogens is 359 g/mol. The summed E-state index contributed by atoms with van der Waals surface area (Å²) in [6.45, 7) is 1.92. The number of rotatable bonds is 5. The summed E-state index contributed by atoms with van der Waals surface area (Å²) in [6.07, 6.45) is 2.06. The third-order valence-electron chi connectivity index (χ3n) is 3.21. The number of thiazole rings is 1. The van der Waals surface area contributed by atoms with Crippen molar-refractivity contribution < 1.29 is 14.3 Å². The molecule has 1 aromatic carbocycles. The van der Waals surface area contributed by atoms with Crippen LogP contribution in [0.4, 0.5) is 0 Å². The van der Waals surface area contributed by atoms with Gasteiger partial charge in [-0.1, -0.05) is 47.9 Å². The van der Waals surface area contributed by atoms with E-state index in [-0.39, 0.29) is 12.5 Å². The maximum Gasteiger partial charge on any atom is 0.325 e. The van der Waals surface area contributed by atoms with Gasteiger partial charge < -0.3 is 9.30 Å². The average Bonchev–Trinajstić information content (AvgIpc) is 2.87. The molecule has 8 heteroatoms. The van der Waals surface area contributed by atoms with Gasteiger partial charge in [-0.25, -0.2) is 0 Å². The van der Waals surface area contributed by atoms with Gasteiger partial charge in [0.15, 0.2) is 4.80 Å². The first-order chi connectivity index (χ1) is 11.0. The Balaban J connectivity index is 2.61. The van der Waals surface area contributed by atoms with Gasteiger partial charge in [0, 0.05) is 6.42 Å². The van der Waals surface area contributed by atoms with Crippen molar-refractivity contribution in [3.8, 4) is 0 Å². The molecule has 0 spiro atoms. The highest BCUT2D eigenvalue weighted by Crippen LogP contribution is 2.32. The van der Waals surface area contributed by atoms with Crippen LogP contribution in [0.5, 0.6) is 0 Å². The predicted octanol–water partition coefficient (Wildman–Crippen LogP) is 3.80. The molecule has 1 amide bonds. The second-order valence-corrected chi connectivity index (χ2v) is 6.66. The fraction of sp³-hybridized carbons (Fsp3) is 0.400. The van der Waals surface area contributed by atoms with Crippen LogP contribution in [0.15, 0.2) is 17.1 Å². The Labute approximate surface area is 147 Å². The number of ether oxygens (including phenoxy) is 1. The van der Waals surface area contributed by atoms with E-state index >= 15 is 0 Å². The number of carbonyl (C=O) groups excluding carboxylic acids is 2. The van der Waals surface area contributed by atoms with Gasteiger partial charge in [-0.3, -0.25) is 9.59 Å². The molecule has 0 aliphatic heterocycles. The Bertz CT molecular complexity index is 811.